The van der Waals surface area contributed by atoms with Gasteiger partial charge in [-0.3, -0.25) is 4.79 Å². The van der Waals surface area contributed by atoms with Gasteiger partial charge < -0.3 is 14.6 Å². The molecule has 4 heteroatoms. The number of hydrogen-bond donors (Lipinski definition) is 1. The molecular weight excluding hydrogens is 304 g/mol. The Hall–Kier alpha value is -1.39. The van der Waals surface area contributed by atoms with Gasteiger partial charge in [-0.15, -0.1) is 0 Å². The smallest absolute Gasteiger partial charge is 0.302 e. The maximum atomic E-state index is 10.5. The first-order valence-corrected chi connectivity index (χ1v) is 8.97. The molecule has 1 rings (SSSR count). The van der Waals surface area contributed by atoms with E-state index in [0.717, 1.165) is 45.1 Å². The SMILES string of the molecule is CC(=O)OCCCCCc1ccc(C)cc1.CCCCOCCO. The lowest BCUT2D eigenvalue weighted by atomic mass is 10.1. The number of carbonyl (C=O) groups excluding carboxylic acids is 1. The van der Waals surface area contributed by atoms with Gasteiger partial charge >= 0.3 is 5.97 Å². The average Bonchev–Trinajstić information content (AvgIpc) is 2.57. The summed E-state index contributed by atoms with van der Waals surface area (Å²) >= 11 is 0. The molecule has 138 valence electrons. The molecule has 4 nitrogen and oxygen atoms in total. The molecular formula is C20H34O4. The third-order valence-corrected chi connectivity index (χ3v) is 3.41. The molecule has 0 aromatic heterocycles. The van der Waals surface area contributed by atoms with E-state index >= 15 is 0 Å². The zero-order valence-electron chi connectivity index (χ0n) is 15.6. The minimum Gasteiger partial charge on any atom is -0.466 e. The normalized spacial score (nSPS) is 10.0. The molecule has 0 saturated heterocycles. The van der Waals surface area contributed by atoms with Crippen LogP contribution in [0.4, 0.5) is 0 Å². The van der Waals surface area contributed by atoms with Gasteiger partial charge in [0.25, 0.3) is 0 Å². The number of aliphatic hydroxyl groups excluding tert-OH is 1. The van der Waals surface area contributed by atoms with Crippen LogP contribution >= 0.6 is 0 Å². The van der Waals surface area contributed by atoms with Gasteiger partial charge in [0.2, 0.25) is 0 Å². The largest absolute Gasteiger partial charge is 0.466 e. The lowest BCUT2D eigenvalue weighted by Gasteiger charge is -2.03. The minimum atomic E-state index is -0.182. The lowest BCUT2D eigenvalue weighted by molar-refractivity contribution is -0.141. The molecule has 0 fully saturated rings. The Bertz CT molecular complexity index is 395. The highest BCUT2D eigenvalue weighted by atomic mass is 16.5. The number of unbranched alkanes of at least 4 members (excludes halogenated alkanes) is 3. The monoisotopic (exact) mass is 338 g/mol. The van der Waals surface area contributed by atoms with E-state index in [4.69, 9.17) is 14.6 Å². The number of carbonyl (C=O) groups is 1. The molecule has 0 aliphatic heterocycles. The van der Waals surface area contributed by atoms with Crippen LogP contribution in [0, 0.1) is 6.92 Å². The number of esters is 1. The van der Waals surface area contributed by atoms with Crippen LogP contribution in [0.15, 0.2) is 24.3 Å². The van der Waals surface area contributed by atoms with Gasteiger partial charge in [0.05, 0.1) is 19.8 Å². The molecule has 1 N–H and O–H groups in total. The third kappa shape index (κ3) is 15.5. The van der Waals surface area contributed by atoms with E-state index < -0.39 is 0 Å². The quantitative estimate of drug-likeness (QED) is 0.488. The van der Waals surface area contributed by atoms with Crippen LogP contribution in [0.3, 0.4) is 0 Å². The van der Waals surface area contributed by atoms with Gasteiger partial charge in [-0.2, -0.15) is 0 Å². The standard InChI is InChI=1S/C14H20O2.C6H14O2/c1-12-7-9-14(10-8-12)6-4-3-5-11-16-13(2)15;1-2-3-5-8-6-4-7/h7-10H,3-6,11H2,1-2H3;7H,2-6H2,1H3. The molecule has 0 amide bonds. The van der Waals surface area contributed by atoms with Crippen LogP contribution in [-0.2, 0) is 20.7 Å². The summed E-state index contributed by atoms with van der Waals surface area (Å²) in [7, 11) is 0. The number of hydrogen-bond acceptors (Lipinski definition) is 4. The second-order valence-corrected chi connectivity index (χ2v) is 5.83. The predicted octanol–water partition coefficient (Wildman–Crippen LogP) is 4.07. The van der Waals surface area contributed by atoms with Crippen molar-refractivity contribution in [2.24, 2.45) is 0 Å². The second-order valence-electron chi connectivity index (χ2n) is 5.83. The molecule has 0 aliphatic carbocycles. The van der Waals surface area contributed by atoms with E-state index in [2.05, 4.69) is 38.1 Å². The summed E-state index contributed by atoms with van der Waals surface area (Å²) < 4.78 is 9.84. The summed E-state index contributed by atoms with van der Waals surface area (Å²) in [5.74, 6) is -0.182. The summed E-state index contributed by atoms with van der Waals surface area (Å²) in [5, 5.41) is 8.24. The summed E-state index contributed by atoms with van der Waals surface area (Å²) in [6.45, 7) is 7.64. The second kappa shape index (κ2) is 16.5. The lowest BCUT2D eigenvalue weighted by Crippen LogP contribution is -2.00. The zero-order valence-corrected chi connectivity index (χ0v) is 15.6. The van der Waals surface area contributed by atoms with E-state index in [1.54, 1.807) is 0 Å². The molecule has 1 aromatic rings. The van der Waals surface area contributed by atoms with Gasteiger partial charge in [0, 0.05) is 13.5 Å². The Kier molecular flexibility index (Phi) is 15.5. The van der Waals surface area contributed by atoms with Crippen molar-refractivity contribution in [1.82, 2.24) is 0 Å². The van der Waals surface area contributed by atoms with Crippen molar-refractivity contribution in [3.8, 4) is 0 Å². The first-order chi connectivity index (χ1) is 11.6. The van der Waals surface area contributed by atoms with Crippen LogP contribution in [0.1, 0.15) is 57.1 Å². The van der Waals surface area contributed by atoms with Gasteiger partial charge in [0.15, 0.2) is 0 Å². The minimum absolute atomic E-state index is 0.143. The highest BCUT2D eigenvalue weighted by Crippen LogP contribution is 2.08. The van der Waals surface area contributed by atoms with Crippen molar-refractivity contribution in [2.75, 3.05) is 26.4 Å². The van der Waals surface area contributed by atoms with Gasteiger partial charge in [-0.25, -0.2) is 0 Å². The Balaban J connectivity index is 0.000000561. The van der Waals surface area contributed by atoms with E-state index in [-0.39, 0.29) is 12.6 Å². The molecule has 0 spiro atoms. The fourth-order valence-corrected chi connectivity index (χ4v) is 1.99. The number of aryl methyl sites for hydroxylation is 2. The molecule has 0 heterocycles. The molecule has 0 bridgehead atoms. The maximum Gasteiger partial charge on any atom is 0.302 e. The van der Waals surface area contributed by atoms with Gasteiger partial charge in [-0.05, 0) is 44.6 Å². The Labute approximate surface area is 147 Å². The zero-order chi connectivity index (χ0) is 18.0. The number of ether oxygens (including phenoxy) is 2. The number of aliphatic hydroxyl groups is 1. The van der Waals surface area contributed by atoms with E-state index in [1.807, 2.05) is 0 Å². The van der Waals surface area contributed by atoms with Crippen molar-refractivity contribution in [3.63, 3.8) is 0 Å². The highest BCUT2D eigenvalue weighted by molar-refractivity contribution is 5.65. The summed E-state index contributed by atoms with van der Waals surface area (Å²) in [6.07, 6.45) is 6.60. The molecule has 0 atom stereocenters. The molecule has 0 unspecified atom stereocenters. The molecule has 0 radical (unpaired) electrons. The number of rotatable bonds is 11. The molecule has 0 aliphatic rings. The van der Waals surface area contributed by atoms with E-state index in [1.165, 1.54) is 18.1 Å². The molecule has 1 aromatic carbocycles. The van der Waals surface area contributed by atoms with Crippen LogP contribution < -0.4 is 0 Å². The van der Waals surface area contributed by atoms with Crippen molar-refractivity contribution >= 4 is 5.97 Å². The summed E-state index contributed by atoms with van der Waals surface area (Å²) in [6, 6.07) is 8.66. The van der Waals surface area contributed by atoms with Crippen LogP contribution in [0.25, 0.3) is 0 Å². The third-order valence-electron chi connectivity index (χ3n) is 3.41. The fraction of sp³-hybridized carbons (Fsp3) is 0.650. The van der Waals surface area contributed by atoms with Crippen LogP contribution in [0.5, 0.6) is 0 Å². The Morgan fingerprint density at radius 3 is 2.29 bits per heavy atom. The maximum absolute atomic E-state index is 10.5. The topological polar surface area (TPSA) is 55.8 Å². The van der Waals surface area contributed by atoms with Gasteiger partial charge in [-0.1, -0.05) is 43.2 Å². The number of benzene rings is 1. The Morgan fingerprint density at radius 1 is 1.00 bits per heavy atom. The predicted molar refractivity (Wildman–Crippen MR) is 98.2 cm³/mol. The summed E-state index contributed by atoms with van der Waals surface area (Å²) in [4.78, 5) is 10.5. The Morgan fingerprint density at radius 2 is 1.71 bits per heavy atom. The van der Waals surface area contributed by atoms with Crippen molar-refractivity contribution in [3.05, 3.63) is 35.4 Å². The van der Waals surface area contributed by atoms with Crippen LogP contribution in [0.2, 0.25) is 0 Å². The molecule has 0 saturated carbocycles. The fourth-order valence-electron chi connectivity index (χ4n) is 1.99. The highest BCUT2D eigenvalue weighted by Gasteiger charge is 1.95. The van der Waals surface area contributed by atoms with Gasteiger partial charge in [0.1, 0.15) is 0 Å². The van der Waals surface area contributed by atoms with E-state index in [0.29, 0.717) is 13.2 Å². The van der Waals surface area contributed by atoms with Crippen molar-refractivity contribution in [1.29, 1.82) is 0 Å². The first kappa shape index (κ1) is 22.6. The summed E-state index contributed by atoms with van der Waals surface area (Å²) in [5.41, 5.74) is 2.69. The van der Waals surface area contributed by atoms with Crippen LogP contribution in [-0.4, -0.2) is 37.5 Å². The molecule has 24 heavy (non-hydrogen) atoms. The first-order valence-electron chi connectivity index (χ1n) is 8.97. The van der Waals surface area contributed by atoms with E-state index in [9.17, 15) is 4.79 Å². The van der Waals surface area contributed by atoms with Crippen molar-refractivity contribution < 1.29 is 19.4 Å². The van der Waals surface area contributed by atoms with Crippen molar-refractivity contribution in [2.45, 2.75) is 59.3 Å². The average molecular weight is 338 g/mol.